The molecule has 0 saturated carbocycles. The van der Waals surface area contributed by atoms with Crippen molar-refractivity contribution in [3.63, 3.8) is 0 Å². The quantitative estimate of drug-likeness (QED) is 0.501. The Morgan fingerprint density at radius 2 is 1.77 bits per heavy atom. The lowest BCUT2D eigenvalue weighted by Gasteiger charge is -2.19. The van der Waals surface area contributed by atoms with Crippen LogP contribution in [-0.2, 0) is 15.4 Å². The monoisotopic (exact) mass is 441 g/mol. The van der Waals surface area contributed by atoms with Crippen LogP contribution >= 0.6 is 11.6 Å². The van der Waals surface area contributed by atoms with E-state index in [4.69, 9.17) is 11.6 Å². The summed E-state index contributed by atoms with van der Waals surface area (Å²) in [5, 5.41) is 0.307. The molecule has 0 amide bonds. The van der Waals surface area contributed by atoms with E-state index in [1.807, 2.05) is 18.2 Å². The molecule has 4 aromatic rings. The van der Waals surface area contributed by atoms with Crippen LogP contribution in [0.4, 0.5) is 5.69 Å². The molecule has 1 N–H and O–H groups in total. The molecule has 0 fully saturated rings. The molecule has 7 nitrogen and oxygen atoms in total. The van der Waals surface area contributed by atoms with Crippen molar-refractivity contribution in [3.8, 4) is 5.82 Å². The minimum atomic E-state index is -3.86. The zero-order chi connectivity index (χ0) is 21.5. The summed E-state index contributed by atoms with van der Waals surface area (Å²) in [5.41, 5.74) is 2.44. The Bertz CT molecular complexity index is 1330. The predicted molar refractivity (Wildman–Crippen MR) is 118 cm³/mol. The summed E-state index contributed by atoms with van der Waals surface area (Å²) < 4.78 is 30.4. The number of nitrogens with one attached hydrogen (secondary N) is 1. The number of sulfonamides is 1. The van der Waals surface area contributed by atoms with Crippen LogP contribution in [0.3, 0.4) is 0 Å². The van der Waals surface area contributed by atoms with Gasteiger partial charge in [0.1, 0.15) is 6.33 Å². The Labute approximate surface area is 179 Å². The molecule has 3 heterocycles. The van der Waals surface area contributed by atoms with Crippen LogP contribution in [0.2, 0.25) is 5.02 Å². The maximum absolute atomic E-state index is 13.0. The molecule has 30 heavy (non-hydrogen) atoms. The van der Waals surface area contributed by atoms with Gasteiger partial charge in [0.25, 0.3) is 10.0 Å². The van der Waals surface area contributed by atoms with Crippen LogP contribution in [-0.4, -0.2) is 27.9 Å². The molecule has 154 valence electrons. The van der Waals surface area contributed by atoms with Gasteiger partial charge in [-0.1, -0.05) is 44.5 Å². The molecule has 0 bridgehead atoms. The van der Waals surface area contributed by atoms with E-state index in [2.05, 4.69) is 40.4 Å². The highest BCUT2D eigenvalue weighted by atomic mass is 35.5. The standard InChI is InChI=1S/C21H20ClN5O2S/c1-21(2,3)14-6-8-16(9-7-14)30(28,29)26-17-11-15(22)12-24-20(17)27-13-25-19-18(27)5-4-10-23-19/h4-13,26H,1-3H3. The molecule has 0 aliphatic rings. The van der Waals surface area contributed by atoms with Gasteiger partial charge in [0.2, 0.25) is 0 Å². The molecule has 0 atom stereocenters. The number of imidazole rings is 1. The molecule has 0 radical (unpaired) electrons. The maximum Gasteiger partial charge on any atom is 0.262 e. The minimum Gasteiger partial charge on any atom is -0.279 e. The average Bonchev–Trinajstić information content (AvgIpc) is 3.11. The topological polar surface area (TPSA) is 89.8 Å². The van der Waals surface area contributed by atoms with Gasteiger partial charge in [0.15, 0.2) is 11.5 Å². The number of hydrogen-bond donors (Lipinski definition) is 1. The number of rotatable bonds is 4. The molecule has 1 aromatic carbocycles. The fourth-order valence-corrected chi connectivity index (χ4v) is 4.27. The lowest BCUT2D eigenvalue weighted by atomic mass is 9.87. The average molecular weight is 442 g/mol. The summed E-state index contributed by atoms with van der Waals surface area (Å²) in [4.78, 5) is 12.9. The molecule has 0 saturated heterocycles. The number of fused-ring (bicyclic) bond motifs is 1. The van der Waals surface area contributed by atoms with Gasteiger partial charge < -0.3 is 0 Å². The molecule has 0 aliphatic heterocycles. The Balaban J connectivity index is 1.75. The first-order chi connectivity index (χ1) is 14.1. The van der Waals surface area contributed by atoms with Crippen molar-refractivity contribution in [2.75, 3.05) is 4.72 Å². The Hall–Kier alpha value is -2.97. The number of pyridine rings is 2. The first kappa shape index (κ1) is 20.3. The van der Waals surface area contributed by atoms with Gasteiger partial charge in [-0.15, -0.1) is 0 Å². The van der Waals surface area contributed by atoms with Gasteiger partial charge in [-0.3, -0.25) is 9.29 Å². The molecular formula is C21H20ClN5O2S. The van der Waals surface area contributed by atoms with Gasteiger partial charge in [-0.05, 0) is 41.3 Å². The Kier molecular flexibility index (Phi) is 4.99. The summed E-state index contributed by atoms with van der Waals surface area (Å²) >= 11 is 6.11. The maximum atomic E-state index is 13.0. The van der Waals surface area contributed by atoms with Crippen molar-refractivity contribution in [3.05, 3.63) is 71.8 Å². The Morgan fingerprint density at radius 3 is 2.47 bits per heavy atom. The third kappa shape index (κ3) is 3.88. The fourth-order valence-electron chi connectivity index (χ4n) is 3.06. The van der Waals surface area contributed by atoms with E-state index in [0.717, 1.165) is 5.56 Å². The largest absolute Gasteiger partial charge is 0.279 e. The third-order valence-electron chi connectivity index (χ3n) is 4.66. The first-order valence-corrected chi connectivity index (χ1v) is 11.1. The molecule has 0 aliphatic carbocycles. The molecule has 4 rings (SSSR count). The normalized spacial score (nSPS) is 12.3. The van der Waals surface area contributed by atoms with Crippen molar-refractivity contribution in [2.45, 2.75) is 31.1 Å². The lowest BCUT2D eigenvalue weighted by molar-refractivity contribution is 0.587. The van der Waals surface area contributed by atoms with E-state index in [-0.39, 0.29) is 16.0 Å². The van der Waals surface area contributed by atoms with Gasteiger partial charge in [0.05, 0.1) is 21.1 Å². The van der Waals surface area contributed by atoms with Crippen LogP contribution in [0.25, 0.3) is 17.0 Å². The zero-order valence-corrected chi connectivity index (χ0v) is 18.2. The molecule has 3 aromatic heterocycles. The zero-order valence-electron chi connectivity index (χ0n) is 16.7. The molecule has 9 heteroatoms. The smallest absolute Gasteiger partial charge is 0.262 e. The lowest BCUT2D eigenvalue weighted by Crippen LogP contribution is -2.16. The minimum absolute atomic E-state index is 0.0731. The number of halogens is 1. The number of aromatic nitrogens is 4. The highest BCUT2D eigenvalue weighted by molar-refractivity contribution is 7.92. The SMILES string of the molecule is CC(C)(C)c1ccc(S(=O)(=O)Nc2cc(Cl)cnc2-n2cnc3ncccc32)cc1. The van der Waals surface area contributed by atoms with Crippen LogP contribution in [0.15, 0.2) is 66.1 Å². The number of benzene rings is 1. The number of hydrogen-bond acceptors (Lipinski definition) is 5. The second-order valence-electron chi connectivity index (χ2n) is 7.87. The van der Waals surface area contributed by atoms with Crippen molar-refractivity contribution >= 4 is 38.5 Å². The van der Waals surface area contributed by atoms with Crippen molar-refractivity contribution in [1.82, 2.24) is 19.5 Å². The van der Waals surface area contributed by atoms with Gasteiger partial charge in [-0.25, -0.2) is 23.4 Å². The summed E-state index contributed by atoms with van der Waals surface area (Å²) in [6, 6.07) is 12.0. The van der Waals surface area contributed by atoms with E-state index in [0.29, 0.717) is 22.0 Å². The van der Waals surface area contributed by atoms with E-state index in [9.17, 15) is 8.42 Å². The van der Waals surface area contributed by atoms with E-state index < -0.39 is 10.0 Å². The van der Waals surface area contributed by atoms with Crippen LogP contribution in [0.1, 0.15) is 26.3 Å². The van der Waals surface area contributed by atoms with E-state index in [1.165, 1.54) is 12.3 Å². The number of nitrogens with zero attached hydrogens (tertiary/aromatic N) is 4. The van der Waals surface area contributed by atoms with E-state index >= 15 is 0 Å². The van der Waals surface area contributed by atoms with Gasteiger partial charge in [0, 0.05) is 12.4 Å². The third-order valence-corrected chi connectivity index (χ3v) is 6.25. The summed E-state index contributed by atoms with van der Waals surface area (Å²) in [6.07, 6.45) is 4.64. The highest BCUT2D eigenvalue weighted by Crippen LogP contribution is 2.28. The van der Waals surface area contributed by atoms with Crippen molar-refractivity contribution in [2.24, 2.45) is 0 Å². The Morgan fingerprint density at radius 1 is 1.03 bits per heavy atom. The molecular weight excluding hydrogens is 422 g/mol. The van der Waals surface area contributed by atoms with Crippen LogP contribution < -0.4 is 4.72 Å². The highest BCUT2D eigenvalue weighted by Gasteiger charge is 2.20. The van der Waals surface area contributed by atoms with E-state index in [1.54, 1.807) is 35.3 Å². The fraction of sp³-hybridized carbons (Fsp3) is 0.190. The molecule has 0 spiro atoms. The number of anilines is 1. The predicted octanol–water partition coefficient (Wildman–Crippen LogP) is 4.57. The second-order valence-corrected chi connectivity index (χ2v) is 9.98. The molecule has 0 unspecified atom stereocenters. The van der Waals surface area contributed by atoms with Gasteiger partial charge >= 0.3 is 0 Å². The summed E-state index contributed by atoms with van der Waals surface area (Å²) in [6.45, 7) is 6.22. The summed E-state index contributed by atoms with van der Waals surface area (Å²) in [5.74, 6) is 0.352. The van der Waals surface area contributed by atoms with Crippen LogP contribution in [0, 0.1) is 0 Å². The van der Waals surface area contributed by atoms with Crippen molar-refractivity contribution < 1.29 is 8.42 Å². The van der Waals surface area contributed by atoms with Gasteiger partial charge in [-0.2, -0.15) is 0 Å². The first-order valence-electron chi connectivity index (χ1n) is 9.22. The second kappa shape index (κ2) is 7.37. The van der Waals surface area contributed by atoms with Crippen LogP contribution in [0.5, 0.6) is 0 Å². The summed E-state index contributed by atoms with van der Waals surface area (Å²) in [7, 11) is -3.86. The van der Waals surface area contributed by atoms with Crippen molar-refractivity contribution in [1.29, 1.82) is 0 Å².